The molecule has 1 heterocycles. The van der Waals surface area contributed by atoms with Crippen molar-refractivity contribution >= 4 is 35.8 Å². The number of nitrogens with one attached hydrogen (secondary N) is 2. The van der Waals surface area contributed by atoms with Gasteiger partial charge in [-0.15, -0.1) is 24.0 Å². The van der Waals surface area contributed by atoms with Crippen LogP contribution in [0.15, 0.2) is 4.99 Å². The second-order valence-electron chi connectivity index (χ2n) is 6.62. The molecule has 1 atom stereocenters. The van der Waals surface area contributed by atoms with Crippen LogP contribution < -0.4 is 10.6 Å². The zero-order valence-electron chi connectivity index (χ0n) is 15.1. The van der Waals surface area contributed by atoms with Gasteiger partial charge >= 0.3 is 0 Å². The lowest BCUT2D eigenvalue weighted by Crippen LogP contribution is -2.41. The summed E-state index contributed by atoms with van der Waals surface area (Å²) in [5.41, 5.74) is 0. The SMILES string of the molecule is CCNC(=NCCCNC(=O)C1CCC1)N(C)CC1CCOC1.I. The van der Waals surface area contributed by atoms with E-state index in [2.05, 4.69) is 34.5 Å². The highest BCUT2D eigenvalue weighted by molar-refractivity contribution is 14.0. The molecular formula is C17H33IN4O2. The normalized spacial score (nSPS) is 20.9. The first-order valence-corrected chi connectivity index (χ1v) is 9.05. The van der Waals surface area contributed by atoms with Gasteiger partial charge in [-0.05, 0) is 32.6 Å². The van der Waals surface area contributed by atoms with Crippen molar-refractivity contribution in [3.05, 3.63) is 0 Å². The molecule has 0 bridgehead atoms. The summed E-state index contributed by atoms with van der Waals surface area (Å²) in [6, 6.07) is 0. The highest BCUT2D eigenvalue weighted by Gasteiger charge is 2.24. The van der Waals surface area contributed by atoms with Crippen LogP contribution in [0.25, 0.3) is 0 Å². The molecule has 7 heteroatoms. The van der Waals surface area contributed by atoms with E-state index in [0.717, 1.165) is 71.0 Å². The molecule has 2 fully saturated rings. The Kier molecular flexibility index (Phi) is 10.6. The van der Waals surface area contributed by atoms with E-state index in [9.17, 15) is 4.79 Å². The van der Waals surface area contributed by atoms with Crippen LogP contribution in [0.1, 0.15) is 39.0 Å². The highest BCUT2D eigenvalue weighted by Crippen LogP contribution is 2.26. The maximum absolute atomic E-state index is 11.7. The second-order valence-corrected chi connectivity index (χ2v) is 6.62. The highest BCUT2D eigenvalue weighted by atomic mass is 127. The average Bonchev–Trinajstić information content (AvgIpc) is 2.96. The van der Waals surface area contributed by atoms with Gasteiger partial charge in [-0.1, -0.05) is 6.42 Å². The van der Waals surface area contributed by atoms with Crippen LogP contribution in [-0.4, -0.2) is 63.2 Å². The predicted molar refractivity (Wildman–Crippen MR) is 108 cm³/mol. The van der Waals surface area contributed by atoms with Gasteiger partial charge in [-0.3, -0.25) is 9.79 Å². The van der Waals surface area contributed by atoms with Crippen LogP contribution in [0.5, 0.6) is 0 Å². The molecular weight excluding hydrogens is 419 g/mol. The van der Waals surface area contributed by atoms with Crippen LogP contribution in [0.3, 0.4) is 0 Å². The van der Waals surface area contributed by atoms with Crippen LogP contribution in [0, 0.1) is 11.8 Å². The first-order chi connectivity index (χ1) is 11.2. The molecule has 1 aliphatic heterocycles. The molecule has 0 aromatic rings. The zero-order valence-corrected chi connectivity index (χ0v) is 17.4. The van der Waals surface area contributed by atoms with Crippen molar-refractivity contribution in [3.8, 4) is 0 Å². The average molecular weight is 452 g/mol. The monoisotopic (exact) mass is 452 g/mol. The Morgan fingerprint density at radius 1 is 1.29 bits per heavy atom. The smallest absolute Gasteiger partial charge is 0.223 e. The summed E-state index contributed by atoms with van der Waals surface area (Å²) in [4.78, 5) is 18.6. The predicted octanol–water partition coefficient (Wildman–Crippen LogP) is 1.84. The van der Waals surface area contributed by atoms with Gasteiger partial charge in [-0.25, -0.2) is 0 Å². The van der Waals surface area contributed by atoms with E-state index in [1.807, 2.05) is 0 Å². The van der Waals surface area contributed by atoms with Crippen LogP contribution in [-0.2, 0) is 9.53 Å². The minimum absolute atomic E-state index is 0. The molecule has 1 amide bonds. The lowest BCUT2D eigenvalue weighted by atomic mass is 9.85. The molecule has 1 saturated carbocycles. The molecule has 2 rings (SSSR count). The Bertz CT molecular complexity index is 396. The fraction of sp³-hybridized carbons (Fsp3) is 0.882. The van der Waals surface area contributed by atoms with E-state index in [0.29, 0.717) is 5.92 Å². The molecule has 6 nitrogen and oxygen atoms in total. The summed E-state index contributed by atoms with van der Waals surface area (Å²) in [6.07, 6.45) is 5.34. The third-order valence-corrected chi connectivity index (χ3v) is 4.62. The minimum Gasteiger partial charge on any atom is -0.381 e. The number of aliphatic imine (C=N–C) groups is 1. The Morgan fingerprint density at radius 2 is 2.08 bits per heavy atom. The van der Waals surface area contributed by atoms with Gasteiger partial charge < -0.3 is 20.3 Å². The summed E-state index contributed by atoms with van der Waals surface area (Å²) < 4.78 is 5.44. The van der Waals surface area contributed by atoms with E-state index in [4.69, 9.17) is 4.74 Å². The number of amides is 1. The van der Waals surface area contributed by atoms with Gasteiger partial charge in [-0.2, -0.15) is 0 Å². The molecule has 0 radical (unpaired) electrons. The van der Waals surface area contributed by atoms with Gasteiger partial charge in [0.25, 0.3) is 0 Å². The number of hydrogen-bond donors (Lipinski definition) is 2. The molecule has 1 saturated heterocycles. The Morgan fingerprint density at radius 3 is 2.67 bits per heavy atom. The Hall–Kier alpha value is -0.570. The standard InChI is InChI=1S/C17H32N4O2.HI/c1-3-18-17(21(2)12-14-8-11-23-13-14)20-10-5-9-19-16(22)15-6-4-7-15;/h14-15H,3-13H2,1-2H3,(H,18,20)(H,19,22);1H. The quantitative estimate of drug-likeness (QED) is 0.255. The molecule has 1 unspecified atom stereocenters. The molecule has 2 N–H and O–H groups in total. The van der Waals surface area contributed by atoms with Gasteiger partial charge in [0.05, 0.1) is 6.61 Å². The first-order valence-electron chi connectivity index (χ1n) is 9.05. The first kappa shape index (κ1) is 21.5. The van der Waals surface area contributed by atoms with Gasteiger partial charge in [0.1, 0.15) is 0 Å². The third-order valence-electron chi connectivity index (χ3n) is 4.62. The van der Waals surface area contributed by atoms with Crippen molar-refractivity contribution in [3.63, 3.8) is 0 Å². The van der Waals surface area contributed by atoms with Gasteiger partial charge in [0, 0.05) is 51.7 Å². The summed E-state index contributed by atoms with van der Waals surface area (Å²) in [5.74, 6) is 2.05. The number of hydrogen-bond acceptors (Lipinski definition) is 3. The van der Waals surface area contributed by atoms with E-state index >= 15 is 0 Å². The summed E-state index contributed by atoms with van der Waals surface area (Å²) in [7, 11) is 2.08. The number of rotatable bonds is 8. The van der Waals surface area contributed by atoms with E-state index in [1.54, 1.807) is 0 Å². The van der Waals surface area contributed by atoms with Crippen molar-refractivity contribution in [2.45, 2.75) is 39.0 Å². The van der Waals surface area contributed by atoms with E-state index in [-0.39, 0.29) is 35.8 Å². The van der Waals surface area contributed by atoms with Crippen molar-refractivity contribution < 1.29 is 9.53 Å². The zero-order chi connectivity index (χ0) is 16.5. The number of carbonyl (C=O) groups excluding carboxylic acids is 1. The molecule has 2 aliphatic rings. The van der Waals surface area contributed by atoms with E-state index < -0.39 is 0 Å². The molecule has 0 aromatic heterocycles. The van der Waals surface area contributed by atoms with Crippen molar-refractivity contribution in [1.82, 2.24) is 15.5 Å². The summed E-state index contributed by atoms with van der Waals surface area (Å²) >= 11 is 0. The van der Waals surface area contributed by atoms with E-state index in [1.165, 1.54) is 6.42 Å². The topological polar surface area (TPSA) is 66.0 Å². The third kappa shape index (κ3) is 7.13. The summed E-state index contributed by atoms with van der Waals surface area (Å²) in [6.45, 7) is 7.12. The van der Waals surface area contributed by atoms with Gasteiger partial charge in [0.2, 0.25) is 5.91 Å². The molecule has 0 aromatic carbocycles. The Labute approximate surface area is 163 Å². The summed E-state index contributed by atoms with van der Waals surface area (Å²) in [5, 5.41) is 6.36. The Balaban J connectivity index is 0.00000288. The molecule has 140 valence electrons. The molecule has 24 heavy (non-hydrogen) atoms. The van der Waals surface area contributed by atoms with Crippen molar-refractivity contribution in [1.29, 1.82) is 0 Å². The largest absolute Gasteiger partial charge is 0.381 e. The molecule has 0 spiro atoms. The number of carbonyl (C=O) groups is 1. The van der Waals surface area contributed by atoms with Crippen LogP contribution >= 0.6 is 24.0 Å². The van der Waals surface area contributed by atoms with Crippen LogP contribution in [0.4, 0.5) is 0 Å². The maximum atomic E-state index is 11.7. The second kappa shape index (κ2) is 11.9. The number of nitrogens with zero attached hydrogens (tertiary/aromatic N) is 2. The van der Waals surface area contributed by atoms with Crippen molar-refractivity contribution in [2.24, 2.45) is 16.8 Å². The van der Waals surface area contributed by atoms with Gasteiger partial charge in [0.15, 0.2) is 5.96 Å². The number of ether oxygens (including phenoxy) is 1. The fourth-order valence-corrected chi connectivity index (χ4v) is 2.96. The molecule has 1 aliphatic carbocycles. The minimum atomic E-state index is 0. The van der Waals surface area contributed by atoms with Crippen molar-refractivity contribution in [2.75, 3.05) is 46.4 Å². The fourth-order valence-electron chi connectivity index (χ4n) is 2.96. The number of halogens is 1. The lowest BCUT2D eigenvalue weighted by Gasteiger charge is -2.25. The number of guanidine groups is 1. The van der Waals surface area contributed by atoms with Crippen LogP contribution in [0.2, 0.25) is 0 Å². The maximum Gasteiger partial charge on any atom is 0.223 e. The lowest BCUT2D eigenvalue weighted by molar-refractivity contribution is -0.127.